The Morgan fingerprint density at radius 1 is 1.11 bits per heavy atom. The van der Waals surface area contributed by atoms with Gasteiger partial charge in [-0.25, -0.2) is 0 Å². The third-order valence-corrected chi connectivity index (χ3v) is 6.02. The third-order valence-electron chi connectivity index (χ3n) is 6.02. The molecule has 1 saturated heterocycles. The molecule has 2 nitrogen and oxygen atoms in total. The summed E-state index contributed by atoms with van der Waals surface area (Å²) in [7, 11) is 0. The number of hydrogen-bond acceptors (Lipinski definition) is 2. The highest BCUT2D eigenvalue weighted by atomic mass is 15.2. The minimum Gasteiger partial charge on any atom is -0.329 e. The van der Waals surface area contributed by atoms with Crippen molar-refractivity contribution in [3.05, 3.63) is 0 Å². The molecule has 2 N–H and O–H groups in total. The van der Waals surface area contributed by atoms with Crippen molar-refractivity contribution in [3.63, 3.8) is 0 Å². The Hall–Kier alpha value is -0.0800. The maximum absolute atomic E-state index is 6.33. The van der Waals surface area contributed by atoms with Gasteiger partial charge in [-0.1, -0.05) is 40.5 Å². The molecule has 0 bridgehead atoms. The van der Waals surface area contributed by atoms with Crippen molar-refractivity contribution in [2.75, 3.05) is 19.6 Å². The summed E-state index contributed by atoms with van der Waals surface area (Å²) in [6, 6.07) is 0. The highest BCUT2D eigenvalue weighted by Gasteiger charge is 2.47. The van der Waals surface area contributed by atoms with E-state index in [-0.39, 0.29) is 0 Å². The lowest BCUT2D eigenvalue weighted by atomic mass is 9.67. The second-order valence-electron chi connectivity index (χ2n) is 7.64. The van der Waals surface area contributed by atoms with Crippen LogP contribution in [0.4, 0.5) is 0 Å². The van der Waals surface area contributed by atoms with E-state index in [4.69, 9.17) is 5.73 Å². The summed E-state index contributed by atoms with van der Waals surface area (Å²) in [6.45, 7) is 13.0. The molecular weight excluding hydrogens is 232 g/mol. The Bertz CT molecular complexity index is 287. The minimum absolute atomic E-state index is 0.316. The summed E-state index contributed by atoms with van der Waals surface area (Å²) in [5.41, 5.74) is 6.64. The van der Waals surface area contributed by atoms with Gasteiger partial charge in [-0.2, -0.15) is 0 Å². The summed E-state index contributed by atoms with van der Waals surface area (Å²) in [4.78, 5) is 2.79. The van der Waals surface area contributed by atoms with Crippen LogP contribution < -0.4 is 5.73 Å². The smallest absolute Gasteiger partial charge is 0.0362 e. The van der Waals surface area contributed by atoms with Crippen LogP contribution in [0.15, 0.2) is 0 Å². The van der Waals surface area contributed by atoms with Gasteiger partial charge in [0.1, 0.15) is 0 Å². The number of hydrogen-bond donors (Lipinski definition) is 1. The van der Waals surface area contributed by atoms with Crippen molar-refractivity contribution in [2.24, 2.45) is 29.4 Å². The molecule has 0 aromatic rings. The topological polar surface area (TPSA) is 29.3 Å². The number of rotatable bonds is 4. The molecule has 0 amide bonds. The molecule has 1 aliphatic carbocycles. The van der Waals surface area contributed by atoms with Gasteiger partial charge >= 0.3 is 0 Å². The van der Waals surface area contributed by atoms with Gasteiger partial charge in [0.25, 0.3) is 0 Å². The molecule has 0 aromatic carbocycles. The van der Waals surface area contributed by atoms with Crippen LogP contribution in [0.5, 0.6) is 0 Å². The molecule has 0 radical (unpaired) electrons. The lowest BCUT2D eigenvalue weighted by molar-refractivity contribution is -0.00189. The average Bonchev–Trinajstić information content (AvgIpc) is 2.88. The van der Waals surface area contributed by atoms with Crippen LogP contribution in [0, 0.1) is 23.7 Å². The van der Waals surface area contributed by atoms with Gasteiger partial charge in [0.05, 0.1) is 0 Å². The lowest BCUT2D eigenvalue weighted by Gasteiger charge is -2.51. The SMILES string of the molecule is CC(C)C1CCN(C2(CN)CCCCC2C(C)C)C1. The predicted molar refractivity (Wildman–Crippen MR) is 83.1 cm³/mol. The molecule has 1 saturated carbocycles. The minimum atomic E-state index is 0.316. The van der Waals surface area contributed by atoms with Gasteiger partial charge in [0, 0.05) is 18.6 Å². The molecule has 2 rings (SSSR count). The molecule has 2 aliphatic rings. The number of nitrogens with two attached hydrogens (primary N) is 1. The molecule has 1 aliphatic heterocycles. The van der Waals surface area contributed by atoms with Crippen molar-refractivity contribution in [1.82, 2.24) is 4.90 Å². The highest BCUT2D eigenvalue weighted by Crippen LogP contribution is 2.44. The molecule has 3 atom stereocenters. The maximum atomic E-state index is 6.33. The zero-order valence-electron chi connectivity index (χ0n) is 13.5. The fraction of sp³-hybridized carbons (Fsp3) is 1.00. The van der Waals surface area contributed by atoms with Crippen molar-refractivity contribution >= 4 is 0 Å². The molecule has 0 aromatic heterocycles. The van der Waals surface area contributed by atoms with Gasteiger partial charge in [-0.05, 0) is 49.5 Å². The summed E-state index contributed by atoms with van der Waals surface area (Å²) >= 11 is 0. The second-order valence-corrected chi connectivity index (χ2v) is 7.64. The summed E-state index contributed by atoms with van der Waals surface area (Å²) < 4.78 is 0. The first-order chi connectivity index (χ1) is 9.01. The Morgan fingerprint density at radius 3 is 2.37 bits per heavy atom. The van der Waals surface area contributed by atoms with Gasteiger partial charge in [-0.3, -0.25) is 4.90 Å². The van der Waals surface area contributed by atoms with Crippen molar-refractivity contribution < 1.29 is 0 Å². The molecular formula is C17H34N2. The quantitative estimate of drug-likeness (QED) is 0.844. The molecule has 2 fully saturated rings. The molecule has 2 heteroatoms. The molecule has 3 unspecified atom stereocenters. The second kappa shape index (κ2) is 6.13. The van der Waals surface area contributed by atoms with Crippen molar-refractivity contribution in [1.29, 1.82) is 0 Å². The average molecular weight is 266 g/mol. The maximum Gasteiger partial charge on any atom is 0.0362 e. The van der Waals surface area contributed by atoms with E-state index in [1.807, 2.05) is 0 Å². The first-order valence-electron chi connectivity index (χ1n) is 8.46. The summed E-state index contributed by atoms with van der Waals surface area (Å²) in [5, 5.41) is 0. The fourth-order valence-electron chi connectivity index (χ4n) is 4.71. The van der Waals surface area contributed by atoms with E-state index in [2.05, 4.69) is 32.6 Å². The predicted octanol–water partition coefficient (Wildman–Crippen LogP) is 3.51. The van der Waals surface area contributed by atoms with E-state index in [0.29, 0.717) is 5.54 Å². The van der Waals surface area contributed by atoms with Crippen molar-refractivity contribution in [2.45, 2.75) is 65.3 Å². The van der Waals surface area contributed by atoms with Crippen LogP contribution >= 0.6 is 0 Å². The van der Waals surface area contributed by atoms with Gasteiger partial charge in [0.15, 0.2) is 0 Å². The van der Waals surface area contributed by atoms with Crippen LogP contribution in [-0.4, -0.2) is 30.1 Å². The normalized spacial score (nSPS) is 37.4. The van der Waals surface area contributed by atoms with Crippen LogP contribution in [0.3, 0.4) is 0 Å². The Morgan fingerprint density at radius 2 is 1.84 bits per heavy atom. The van der Waals surface area contributed by atoms with E-state index < -0.39 is 0 Å². The molecule has 1 heterocycles. The number of likely N-dealkylation sites (tertiary alicyclic amines) is 1. The number of nitrogens with zero attached hydrogens (tertiary/aromatic N) is 1. The van der Waals surface area contributed by atoms with E-state index in [9.17, 15) is 0 Å². The van der Waals surface area contributed by atoms with E-state index >= 15 is 0 Å². The largest absolute Gasteiger partial charge is 0.329 e. The third kappa shape index (κ3) is 2.85. The molecule has 0 spiro atoms. The molecule has 112 valence electrons. The van der Waals surface area contributed by atoms with Gasteiger partial charge < -0.3 is 5.73 Å². The summed E-state index contributed by atoms with van der Waals surface area (Å²) in [6.07, 6.45) is 6.88. The molecule has 19 heavy (non-hydrogen) atoms. The Labute approximate surface area is 120 Å². The van der Waals surface area contributed by atoms with Crippen LogP contribution in [0.25, 0.3) is 0 Å². The van der Waals surface area contributed by atoms with E-state index in [1.54, 1.807) is 0 Å². The Kier molecular flexibility index (Phi) is 4.94. The first kappa shape index (κ1) is 15.3. The highest BCUT2D eigenvalue weighted by molar-refractivity contribution is 5.03. The zero-order valence-corrected chi connectivity index (χ0v) is 13.5. The standard InChI is InChI=1S/C17H34N2/c1-13(2)15-8-10-19(11-15)17(12-18)9-6-5-7-16(17)14(3)4/h13-16H,5-12,18H2,1-4H3. The van der Waals surface area contributed by atoms with E-state index in [0.717, 1.165) is 30.2 Å². The van der Waals surface area contributed by atoms with Crippen LogP contribution in [0.1, 0.15) is 59.8 Å². The van der Waals surface area contributed by atoms with Crippen LogP contribution in [-0.2, 0) is 0 Å². The zero-order chi connectivity index (χ0) is 14.0. The van der Waals surface area contributed by atoms with E-state index in [1.165, 1.54) is 45.2 Å². The van der Waals surface area contributed by atoms with Gasteiger partial charge in [-0.15, -0.1) is 0 Å². The van der Waals surface area contributed by atoms with Crippen LogP contribution in [0.2, 0.25) is 0 Å². The summed E-state index contributed by atoms with van der Waals surface area (Å²) in [5.74, 6) is 3.28. The fourth-order valence-corrected chi connectivity index (χ4v) is 4.71. The monoisotopic (exact) mass is 266 g/mol. The lowest BCUT2D eigenvalue weighted by Crippen LogP contribution is -2.60. The van der Waals surface area contributed by atoms with Gasteiger partial charge in [0.2, 0.25) is 0 Å². The first-order valence-corrected chi connectivity index (χ1v) is 8.46. The van der Waals surface area contributed by atoms with Crippen molar-refractivity contribution in [3.8, 4) is 0 Å². The Balaban J connectivity index is 2.16.